The molecule has 0 aromatic heterocycles. The smallest absolute Gasteiger partial charge is 0.375 e. The molecule has 0 saturated carbocycles. The van der Waals surface area contributed by atoms with E-state index in [9.17, 15) is 21.6 Å². The SMILES string of the molecule is O=S(=O)(OC1=CCNN=C1)C(F)(F)F. The maximum Gasteiger partial charge on any atom is 0.534 e. The first kappa shape index (κ1) is 10.8. The molecule has 0 aliphatic carbocycles. The first-order chi connectivity index (χ1) is 6.33. The Balaban J connectivity index is 2.79. The van der Waals surface area contributed by atoms with Gasteiger partial charge in [-0.05, 0) is 6.08 Å². The van der Waals surface area contributed by atoms with E-state index in [0.717, 1.165) is 12.3 Å². The molecule has 0 aromatic rings. The third kappa shape index (κ3) is 2.37. The molecular formula is C5H5F3N2O3S. The number of nitrogens with one attached hydrogen (secondary N) is 1. The van der Waals surface area contributed by atoms with Crippen LogP contribution in [0.3, 0.4) is 0 Å². The van der Waals surface area contributed by atoms with Crippen molar-refractivity contribution in [2.75, 3.05) is 6.54 Å². The van der Waals surface area contributed by atoms with Gasteiger partial charge in [0.25, 0.3) is 0 Å². The summed E-state index contributed by atoms with van der Waals surface area (Å²) in [7, 11) is -5.58. The van der Waals surface area contributed by atoms with Crippen molar-refractivity contribution in [3.63, 3.8) is 0 Å². The highest BCUT2D eigenvalue weighted by atomic mass is 32.2. The van der Waals surface area contributed by atoms with Gasteiger partial charge in [0.05, 0.1) is 12.8 Å². The normalized spacial score (nSPS) is 17.2. The van der Waals surface area contributed by atoms with E-state index < -0.39 is 21.4 Å². The summed E-state index contributed by atoms with van der Waals surface area (Å²) in [6, 6.07) is 0. The molecule has 0 spiro atoms. The number of hydrazone groups is 1. The Morgan fingerprint density at radius 1 is 1.50 bits per heavy atom. The van der Waals surface area contributed by atoms with Crippen LogP contribution in [-0.4, -0.2) is 26.7 Å². The van der Waals surface area contributed by atoms with E-state index in [1.807, 2.05) is 0 Å². The summed E-state index contributed by atoms with van der Waals surface area (Å²) in [5.41, 5.74) is -3.05. The van der Waals surface area contributed by atoms with E-state index in [-0.39, 0.29) is 6.54 Å². The lowest BCUT2D eigenvalue weighted by Gasteiger charge is -2.11. The largest absolute Gasteiger partial charge is 0.534 e. The zero-order valence-electron chi connectivity index (χ0n) is 6.58. The third-order valence-corrected chi connectivity index (χ3v) is 2.15. The Morgan fingerprint density at radius 3 is 2.57 bits per heavy atom. The van der Waals surface area contributed by atoms with Gasteiger partial charge in [-0.25, -0.2) is 0 Å². The van der Waals surface area contributed by atoms with Crippen LogP contribution < -0.4 is 5.43 Å². The van der Waals surface area contributed by atoms with Gasteiger partial charge < -0.3 is 9.61 Å². The van der Waals surface area contributed by atoms with Crippen LogP contribution in [0.25, 0.3) is 0 Å². The second kappa shape index (κ2) is 3.48. The van der Waals surface area contributed by atoms with Gasteiger partial charge in [0.2, 0.25) is 0 Å². The highest BCUT2D eigenvalue weighted by Gasteiger charge is 2.48. The summed E-state index contributed by atoms with van der Waals surface area (Å²) in [6.45, 7) is 0.110. The number of hydrogen-bond acceptors (Lipinski definition) is 5. The van der Waals surface area contributed by atoms with E-state index >= 15 is 0 Å². The van der Waals surface area contributed by atoms with Crippen molar-refractivity contribution in [3.8, 4) is 0 Å². The minimum Gasteiger partial charge on any atom is -0.375 e. The first-order valence-corrected chi connectivity index (χ1v) is 4.70. The molecule has 14 heavy (non-hydrogen) atoms. The standard InChI is InChI=1S/C5H5F3N2O3S/c6-5(7,8)14(11,12)13-4-1-2-9-10-3-4/h1,3,9H,2H2. The lowest BCUT2D eigenvalue weighted by molar-refractivity contribution is -0.0518. The number of hydrogen-bond donors (Lipinski definition) is 1. The van der Waals surface area contributed by atoms with Gasteiger partial charge in [-0.15, -0.1) is 0 Å². The summed E-state index contributed by atoms with van der Waals surface area (Å²) in [6.07, 6.45) is 1.96. The molecular weight excluding hydrogens is 225 g/mol. The van der Waals surface area contributed by atoms with Crippen LogP contribution in [0, 0.1) is 0 Å². The molecule has 0 fully saturated rings. The van der Waals surface area contributed by atoms with Crippen molar-refractivity contribution in [1.82, 2.24) is 5.43 Å². The Kier molecular flexibility index (Phi) is 2.69. The fourth-order valence-electron chi connectivity index (χ4n) is 0.590. The van der Waals surface area contributed by atoms with Gasteiger partial charge in [0.15, 0.2) is 5.76 Å². The summed E-state index contributed by atoms with van der Waals surface area (Å²) < 4.78 is 60.0. The van der Waals surface area contributed by atoms with Gasteiger partial charge in [0, 0.05) is 0 Å². The third-order valence-electron chi connectivity index (χ3n) is 1.17. The zero-order valence-corrected chi connectivity index (χ0v) is 7.39. The minimum absolute atomic E-state index is 0.110. The average molecular weight is 230 g/mol. The summed E-state index contributed by atoms with van der Waals surface area (Å²) >= 11 is 0. The second-order valence-electron chi connectivity index (χ2n) is 2.21. The molecule has 0 saturated heterocycles. The van der Waals surface area contributed by atoms with Crippen LogP contribution in [0.4, 0.5) is 13.2 Å². The first-order valence-electron chi connectivity index (χ1n) is 3.30. The summed E-state index contributed by atoms with van der Waals surface area (Å²) in [5, 5.41) is 3.32. The molecule has 9 heteroatoms. The number of allylic oxidation sites excluding steroid dienone is 1. The maximum absolute atomic E-state index is 11.8. The van der Waals surface area contributed by atoms with E-state index in [1.165, 1.54) is 0 Å². The Labute approximate surface area is 77.4 Å². The van der Waals surface area contributed by atoms with E-state index in [1.54, 1.807) is 0 Å². The number of halogens is 3. The van der Waals surface area contributed by atoms with Crippen molar-refractivity contribution in [2.45, 2.75) is 5.51 Å². The van der Waals surface area contributed by atoms with Crippen molar-refractivity contribution in [1.29, 1.82) is 0 Å². The second-order valence-corrected chi connectivity index (χ2v) is 3.75. The van der Waals surface area contributed by atoms with Gasteiger partial charge in [0.1, 0.15) is 0 Å². The van der Waals surface area contributed by atoms with Crippen LogP contribution in [0.15, 0.2) is 16.9 Å². The Bertz CT molecular complexity index is 370. The zero-order chi connectivity index (χ0) is 10.8. The molecule has 1 aliphatic heterocycles. The molecule has 80 valence electrons. The molecule has 0 bridgehead atoms. The Morgan fingerprint density at radius 2 is 2.14 bits per heavy atom. The molecule has 1 aliphatic rings. The van der Waals surface area contributed by atoms with Crippen molar-refractivity contribution < 1.29 is 25.8 Å². The van der Waals surface area contributed by atoms with Crippen molar-refractivity contribution >= 4 is 16.3 Å². The van der Waals surface area contributed by atoms with Crippen LogP contribution in [0.2, 0.25) is 0 Å². The van der Waals surface area contributed by atoms with Crippen LogP contribution in [0.1, 0.15) is 0 Å². The molecule has 0 unspecified atom stereocenters. The molecule has 1 N–H and O–H groups in total. The fraction of sp³-hybridized carbons (Fsp3) is 0.400. The highest BCUT2D eigenvalue weighted by molar-refractivity contribution is 7.87. The van der Waals surface area contributed by atoms with Crippen LogP contribution in [-0.2, 0) is 14.3 Å². The lowest BCUT2D eigenvalue weighted by Crippen LogP contribution is -2.26. The van der Waals surface area contributed by atoms with E-state index in [4.69, 9.17) is 0 Å². The molecule has 1 rings (SSSR count). The topological polar surface area (TPSA) is 67.8 Å². The van der Waals surface area contributed by atoms with Gasteiger partial charge in [-0.3, -0.25) is 0 Å². The number of alkyl halides is 3. The number of rotatable bonds is 2. The molecule has 0 amide bonds. The van der Waals surface area contributed by atoms with Crippen molar-refractivity contribution in [3.05, 3.63) is 11.8 Å². The highest BCUT2D eigenvalue weighted by Crippen LogP contribution is 2.26. The quantitative estimate of drug-likeness (QED) is 0.548. The predicted molar refractivity (Wildman–Crippen MR) is 40.6 cm³/mol. The summed E-state index contributed by atoms with van der Waals surface area (Å²) in [5.74, 6) is -0.457. The molecule has 0 radical (unpaired) electrons. The van der Waals surface area contributed by atoms with E-state index in [2.05, 4.69) is 14.7 Å². The van der Waals surface area contributed by atoms with Gasteiger partial charge >= 0.3 is 15.6 Å². The maximum atomic E-state index is 11.8. The Hall–Kier alpha value is -1.25. The van der Waals surface area contributed by atoms with E-state index in [0.29, 0.717) is 0 Å². The molecule has 1 heterocycles. The van der Waals surface area contributed by atoms with Crippen molar-refractivity contribution in [2.24, 2.45) is 5.10 Å². The lowest BCUT2D eigenvalue weighted by atomic mass is 10.4. The molecule has 5 nitrogen and oxygen atoms in total. The molecule has 0 aromatic carbocycles. The monoisotopic (exact) mass is 230 g/mol. The van der Waals surface area contributed by atoms with Gasteiger partial charge in [-0.2, -0.15) is 26.7 Å². The molecule has 0 atom stereocenters. The van der Waals surface area contributed by atoms with Gasteiger partial charge in [-0.1, -0.05) is 0 Å². The predicted octanol–water partition coefficient (Wildman–Crippen LogP) is 0.326. The minimum atomic E-state index is -5.58. The van der Waals surface area contributed by atoms with Crippen LogP contribution in [0.5, 0.6) is 0 Å². The average Bonchev–Trinajstić information content (AvgIpc) is 2.03. The fourth-order valence-corrected chi connectivity index (χ4v) is 1.05. The number of nitrogens with zero attached hydrogens (tertiary/aromatic N) is 1. The summed E-state index contributed by atoms with van der Waals surface area (Å²) in [4.78, 5) is 0. The van der Waals surface area contributed by atoms with Crippen LogP contribution >= 0.6 is 0 Å².